The van der Waals surface area contributed by atoms with Crippen molar-refractivity contribution in [2.24, 2.45) is 0 Å². The number of halogens is 2. The highest BCUT2D eigenvalue weighted by Gasteiger charge is 2.12. The summed E-state index contributed by atoms with van der Waals surface area (Å²) in [5.41, 5.74) is 2.34. The van der Waals surface area contributed by atoms with Gasteiger partial charge in [-0.1, -0.05) is 22.0 Å². The predicted molar refractivity (Wildman–Crippen MR) is 104 cm³/mol. The van der Waals surface area contributed by atoms with Crippen LogP contribution in [0.4, 0.5) is 5.82 Å². The fourth-order valence-corrected chi connectivity index (χ4v) is 3.29. The van der Waals surface area contributed by atoms with Crippen LogP contribution < -0.4 is 15.0 Å². The van der Waals surface area contributed by atoms with E-state index in [0.717, 1.165) is 47.8 Å². The van der Waals surface area contributed by atoms with Crippen molar-refractivity contribution in [3.8, 4) is 5.75 Å². The van der Waals surface area contributed by atoms with Gasteiger partial charge in [-0.05, 0) is 42.7 Å². The van der Waals surface area contributed by atoms with Gasteiger partial charge in [0.05, 0.1) is 7.11 Å². The number of ether oxygens (including phenoxy) is 1. The van der Waals surface area contributed by atoms with Gasteiger partial charge in [-0.3, -0.25) is 0 Å². The summed E-state index contributed by atoms with van der Waals surface area (Å²) in [7, 11) is 1.70. The summed E-state index contributed by atoms with van der Waals surface area (Å²) in [5.74, 6) is 2.00. The van der Waals surface area contributed by atoms with Crippen molar-refractivity contribution in [1.29, 1.82) is 0 Å². The summed E-state index contributed by atoms with van der Waals surface area (Å²) in [6, 6.07) is 10.3. The fourth-order valence-electron chi connectivity index (χ4n) is 2.88. The van der Waals surface area contributed by atoms with Crippen molar-refractivity contribution in [2.45, 2.75) is 25.9 Å². The van der Waals surface area contributed by atoms with Crippen LogP contribution in [0.1, 0.15) is 24.0 Å². The molecule has 0 saturated carbocycles. The first-order chi connectivity index (χ1) is 11.3. The Kier molecular flexibility index (Phi) is 7.34. The predicted octanol–water partition coefficient (Wildman–Crippen LogP) is 4.16. The molecule has 0 radical (unpaired) electrons. The van der Waals surface area contributed by atoms with E-state index >= 15 is 0 Å². The largest absolute Gasteiger partial charge is 0.496 e. The SMILES string of the molecule is COc1ccc(Br)cc1CNCc1ccc(N2CCCC2)nc1.Cl. The zero-order valence-corrected chi connectivity index (χ0v) is 16.2. The van der Waals surface area contributed by atoms with Crippen molar-refractivity contribution >= 4 is 34.2 Å². The molecule has 6 heteroatoms. The van der Waals surface area contributed by atoms with Gasteiger partial charge < -0.3 is 15.0 Å². The number of nitrogens with zero attached hydrogens (tertiary/aromatic N) is 2. The zero-order chi connectivity index (χ0) is 16.1. The molecule has 1 fully saturated rings. The molecule has 1 aliphatic heterocycles. The van der Waals surface area contributed by atoms with Crippen LogP contribution in [0.25, 0.3) is 0 Å². The van der Waals surface area contributed by atoms with E-state index in [4.69, 9.17) is 4.74 Å². The lowest BCUT2D eigenvalue weighted by atomic mass is 10.2. The first-order valence-corrected chi connectivity index (χ1v) is 8.78. The minimum absolute atomic E-state index is 0. The average molecular weight is 413 g/mol. The Bertz CT molecular complexity index is 645. The number of rotatable bonds is 6. The number of benzene rings is 1. The molecule has 0 amide bonds. The molecule has 1 aliphatic rings. The Morgan fingerprint density at radius 1 is 1.17 bits per heavy atom. The van der Waals surface area contributed by atoms with Crippen molar-refractivity contribution in [3.05, 3.63) is 52.1 Å². The molecule has 130 valence electrons. The molecule has 0 atom stereocenters. The lowest BCUT2D eigenvalue weighted by Crippen LogP contribution is -2.19. The second-order valence-electron chi connectivity index (χ2n) is 5.78. The second-order valence-corrected chi connectivity index (χ2v) is 6.69. The maximum absolute atomic E-state index is 5.40. The van der Waals surface area contributed by atoms with Gasteiger partial charge in [-0.2, -0.15) is 0 Å². The summed E-state index contributed by atoms with van der Waals surface area (Å²) in [6.45, 7) is 3.82. The number of nitrogens with one attached hydrogen (secondary N) is 1. The van der Waals surface area contributed by atoms with E-state index < -0.39 is 0 Å². The van der Waals surface area contributed by atoms with Gasteiger partial charge in [0.2, 0.25) is 0 Å². The number of methoxy groups -OCH3 is 1. The van der Waals surface area contributed by atoms with Crippen LogP contribution in [0.5, 0.6) is 5.75 Å². The number of aromatic nitrogens is 1. The van der Waals surface area contributed by atoms with Crippen LogP contribution in [-0.4, -0.2) is 25.2 Å². The molecule has 0 unspecified atom stereocenters. The van der Waals surface area contributed by atoms with Gasteiger partial charge in [0.25, 0.3) is 0 Å². The van der Waals surface area contributed by atoms with Gasteiger partial charge >= 0.3 is 0 Å². The molecule has 0 spiro atoms. The summed E-state index contributed by atoms with van der Waals surface area (Å²) in [6.07, 6.45) is 4.53. The van der Waals surface area contributed by atoms with Gasteiger partial charge in [0.1, 0.15) is 11.6 Å². The van der Waals surface area contributed by atoms with Gasteiger partial charge in [-0.25, -0.2) is 4.98 Å². The summed E-state index contributed by atoms with van der Waals surface area (Å²) in [5, 5.41) is 3.45. The normalized spacial score (nSPS) is 13.7. The molecule has 4 nitrogen and oxygen atoms in total. The molecule has 0 aliphatic carbocycles. The Hall–Kier alpha value is -1.30. The smallest absolute Gasteiger partial charge is 0.128 e. The monoisotopic (exact) mass is 411 g/mol. The second kappa shape index (κ2) is 9.25. The van der Waals surface area contributed by atoms with E-state index in [0.29, 0.717) is 0 Å². The van der Waals surface area contributed by atoms with Crippen LogP contribution in [-0.2, 0) is 13.1 Å². The van der Waals surface area contributed by atoms with Crippen LogP contribution in [0, 0.1) is 0 Å². The lowest BCUT2D eigenvalue weighted by Gasteiger charge is -2.16. The fraction of sp³-hybridized carbons (Fsp3) is 0.389. The van der Waals surface area contributed by atoms with Crippen LogP contribution in [0.2, 0.25) is 0 Å². The van der Waals surface area contributed by atoms with Crippen LogP contribution in [0.15, 0.2) is 41.0 Å². The Labute approximate surface area is 158 Å². The highest BCUT2D eigenvalue weighted by Crippen LogP contribution is 2.23. The van der Waals surface area contributed by atoms with Crippen molar-refractivity contribution in [3.63, 3.8) is 0 Å². The molecule has 3 rings (SSSR count). The molecule has 1 aromatic heterocycles. The highest BCUT2D eigenvalue weighted by atomic mass is 79.9. The van der Waals surface area contributed by atoms with Crippen LogP contribution >= 0.6 is 28.3 Å². The molecule has 1 aromatic carbocycles. The minimum Gasteiger partial charge on any atom is -0.496 e. The number of anilines is 1. The minimum atomic E-state index is 0. The first-order valence-electron chi connectivity index (χ1n) is 7.99. The van der Waals surface area contributed by atoms with Crippen LogP contribution in [0.3, 0.4) is 0 Å². The molecular weight excluding hydrogens is 390 g/mol. The van der Waals surface area contributed by atoms with E-state index in [9.17, 15) is 0 Å². The van der Waals surface area contributed by atoms with Crippen molar-refractivity contribution in [1.82, 2.24) is 10.3 Å². The van der Waals surface area contributed by atoms with E-state index in [1.807, 2.05) is 18.3 Å². The third-order valence-electron chi connectivity index (χ3n) is 4.13. The summed E-state index contributed by atoms with van der Waals surface area (Å²) >= 11 is 3.50. The van der Waals surface area contributed by atoms with Gasteiger partial charge in [-0.15, -0.1) is 12.4 Å². The third-order valence-corrected chi connectivity index (χ3v) is 4.62. The summed E-state index contributed by atoms with van der Waals surface area (Å²) in [4.78, 5) is 6.94. The first kappa shape index (κ1) is 19.0. The summed E-state index contributed by atoms with van der Waals surface area (Å²) < 4.78 is 6.46. The molecule has 1 N–H and O–H groups in total. The van der Waals surface area contributed by atoms with E-state index in [-0.39, 0.29) is 12.4 Å². The lowest BCUT2D eigenvalue weighted by molar-refractivity contribution is 0.407. The van der Waals surface area contributed by atoms with E-state index in [2.05, 4.69) is 49.3 Å². The molecule has 0 bridgehead atoms. The molecule has 2 aromatic rings. The quantitative estimate of drug-likeness (QED) is 0.773. The highest BCUT2D eigenvalue weighted by molar-refractivity contribution is 9.10. The Balaban J connectivity index is 0.00000208. The maximum atomic E-state index is 5.40. The molecule has 2 heterocycles. The molecule has 1 saturated heterocycles. The third kappa shape index (κ3) is 4.85. The zero-order valence-electron chi connectivity index (χ0n) is 13.8. The van der Waals surface area contributed by atoms with Crippen molar-refractivity contribution in [2.75, 3.05) is 25.1 Å². The van der Waals surface area contributed by atoms with E-state index in [1.165, 1.54) is 18.4 Å². The standard InChI is InChI=1S/C18H22BrN3O.ClH/c1-23-17-6-5-16(19)10-15(17)13-20-11-14-4-7-18(21-12-14)22-8-2-3-9-22;/h4-7,10,12,20H,2-3,8-9,11,13H2,1H3;1H. The Morgan fingerprint density at radius 3 is 2.62 bits per heavy atom. The van der Waals surface area contributed by atoms with E-state index in [1.54, 1.807) is 7.11 Å². The van der Waals surface area contributed by atoms with Gasteiger partial charge in [0, 0.05) is 42.4 Å². The molecular formula is C18H23BrClN3O. The number of pyridine rings is 1. The number of hydrogen-bond acceptors (Lipinski definition) is 4. The number of hydrogen-bond donors (Lipinski definition) is 1. The maximum Gasteiger partial charge on any atom is 0.128 e. The van der Waals surface area contributed by atoms with Gasteiger partial charge in [0.15, 0.2) is 0 Å². The Morgan fingerprint density at radius 2 is 1.96 bits per heavy atom. The van der Waals surface area contributed by atoms with Crippen molar-refractivity contribution < 1.29 is 4.74 Å². The topological polar surface area (TPSA) is 37.4 Å². The average Bonchev–Trinajstić information content (AvgIpc) is 3.10. The molecule has 24 heavy (non-hydrogen) atoms.